The Morgan fingerprint density at radius 3 is 2.10 bits per heavy atom. The van der Waals surface area contributed by atoms with Crippen LogP contribution in [-0.2, 0) is 26.2 Å². The summed E-state index contributed by atoms with van der Waals surface area (Å²) in [6.07, 6.45) is 0.363. The summed E-state index contributed by atoms with van der Waals surface area (Å²) in [4.78, 5) is 28.9. The first-order valence-electron chi connectivity index (χ1n) is 13.4. The fourth-order valence-electron chi connectivity index (χ4n) is 4.23. The Morgan fingerprint density at radius 2 is 1.55 bits per heavy atom. The smallest absolute Gasteiger partial charge is 0.264 e. The van der Waals surface area contributed by atoms with Crippen molar-refractivity contribution in [2.24, 2.45) is 5.92 Å². The van der Waals surface area contributed by atoms with Crippen LogP contribution in [-0.4, -0.2) is 51.4 Å². The molecular weight excluding hydrogens is 526 g/mol. The van der Waals surface area contributed by atoms with Gasteiger partial charge < -0.3 is 15.0 Å². The fourth-order valence-corrected chi connectivity index (χ4v) is 5.66. The van der Waals surface area contributed by atoms with Crippen LogP contribution in [0.25, 0.3) is 0 Å². The Kier molecular flexibility index (Phi) is 10.7. The van der Waals surface area contributed by atoms with E-state index in [1.165, 1.54) is 17.0 Å². The van der Waals surface area contributed by atoms with Crippen LogP contribution in [0.5, 0.6) is 5.75 Å². The molecule has 1 atom stereocenters. The maximum Gasteiger partial charge on any atom is 0.264 e. The fraction of sp³-hybridized carbons (Fsp3) is 0.355. The maximum absolute atomic E-state index is 14.1. The first-order valence-corrected chi connectivity index (χ1v) is 14.8. The number of rotatable bonds is 13. The van der Waals surface area contributed by atoms with Gasteiger partial charge in [-0.2, -0.15) is 0 Å². The molecule has 2 amide bonds. The second-order valence-corrected chi connectivity index (χ2v) is 12.0. The molecule has 214 valence electrons. The molecule has 0 unspecified atom stereocenters. The number of benzene rings is 3. The van der Waals surface area contributed by atoms with E-state index in [0.29, 0.717) is 24.4 Å². The van der Waals surface area contributed by atoms with Crippen molar-refractivity contribution >= 4 is 27.5 Å². The van der Waals surface area contributed by atoms with Crippen molar-refractivity contribution in [1.29, 1.82) is 0 Å². The van der Waals surface area contributed by atoms with E-state index < -0.39 is 28.5 Å². The van der Waals surface area contributed by atoms with Crippen molar-refractivity contribution in [3.05, 3.63) is 90.0 Å². The number of nitrogens with one attached hydrogen (secondary N) is 1. The van der Waals surface area contributed by atoms with E-state index in [4.69, 9.17) is 4.74 Å². The molecule has 9 heteroatoms. The van der Waals surface area contributed by atoms with Crippen LogP contribution in [0.1, 0.15) is 38.3 Å². The average molecular weight is 566 g/mol. The first-order chi connectivity index (χ1) is 19.1. The highest BCUT2D eigenvalue weighted by Crippen LogP contribution is 2.25. The molecule has 0 spiro atoms. The van der Waals surface area contributed by atoms with E-state index in [9.17, 15) is 18.0 Å². The van der Waals surface area contributed by atoms with Crippen LogP contribution in [0, 0.1) is 12.8 Å². The SMILES string of the molecule is CC[C@H](C(=O)NCC(C)C)N(Cc1ccc(OC)cc1)C(=O)CN(c1ccc(C)cc1)S(=O)(=O)c1ccccc1. The number of anilines is 1. The Hall–Kier alpha value is -3.85. The minimum atomic E-state index is -4.08. The number of amides is 2. The predicted molar refractivity (Wildman–Crippen MR) is 158 cm³/mol. The van der Waals surface area contributed by atoms with Gasteiger partial charge in [0.2, 0.25) is 11.8 Å². The van der Waals surface area contributed by atoms with Gasteiger partial charge in [0, 0.05) is 13.1 Å². The summed E-state index contributed by atoms with van der Waals surface area (Å²) in [5.41, 5.74) is 2.11. The molecule has 0 aliphatic carbocycles. The van der Waals surface area contributed by atoms with Crippen LogP contribution in [0.2, 0.25) is 0 Å². The molecule has 0 aliphatic heterocycles. The number of hydrogen-bond acceptors (Lipinski definition) is 5. The molecule has 0 fully saturated rings. The van der Waals surface area contributed by atoms with Gasteiger partial charge in [0.1, 0.15) is 18.3 Å². The standard InChI is InChI=1S/C31H39N3O5S/c1-6-29(31(36)32-20-23(2)3)33(21-25-14-18-27(39-5)19-15-25)30(35)22-34(26-16-12-24(4)13-17-26)40(37,38)28-10-8-7-9-11-28/h7-19,23,29H,6,20-22H2,1-5H3,(H,32,36)/t29-/m1/s1. The number of carbonyl (C=O) groups is 2. The van der Waals surface area contributed by atoms with Gasteiger partial charge in [-0.25, -0.2) is 8.42 Å². The van der Waals surface area contributed by atoms with Crippen molar-refractivity contribution in [1.82, 2.24) is 10.2 Å². The van der Waals surface area contributed by atoms with Gasteiger partial charge in [-0.15, -0.1) is 0 Å². The van der Waals surface area contributed by atoms with Gasteiger partial charge in [-0.3, -0.25) is 13.9 Å². The van der Waals surface area contributed by atoms with E-state index >= 15 is 0 Å². The van der Waals surface area contributed by atoms with Gasteiger partial charge in [0.25, 0.3) is 10.0 Å². The number of methoxy groups -OCH3 is 1. The van der Waals surface area contributed by atoms with Crippen LogP contribution in [0.3, 0.4) is 0 Å². The van der Waals surface area contributed by atoms with E-state index in [2.05, 4.69) is 5.32 Å². The minimum Gasteiger partial charge on any atom is -0.497 e. The van der Waals surface area contributed by atoms with E-state index in [-0.39, 0.29) is 23.3 Å². The molecule has 0 bridgehead atoms. The average Bonchev–Trinajstić information content (AvgIpc) is 2.95. The van der Waals surface area contributed by atoms with Gasteiger partial charge >= 0.3 is 0 Å². The molecule has 0 radical (unpaired) electrons. The third-order valence-corrected chi connectivity index (χ3v) is 8.30. The van der Waals surface area contributed by atoms with E-state index in [1.807, 2.05) is 39.8 Å². The molecule has 3 aromatic rings. The summed E-state index contributed by atoms with van der Waals surface area (Å²) in [5.74, 6) is 0.149. The highest BCUT2D eigenvalue weighted by Gasteiger charge is 2.33. The molecule has 0 heterocycles. The third-order valence-electron chi connectivity index (χ3n) is 6.51. The maximum atomic E-state index is 14.1. The lowest BCUT2D eigenvalue weighted by molar-refractivity contribution is -0.140. The summed E-state index contributed by atoms with van der Waals surface area (Å²) < 4.78 is 34.0. The summed E-state index contributed by atoms with van der Waals surface area (Å²) in [6.45, 7) is 7.87. The lowest BCUT2D eigenvalue weighted by Gasteiger charge is -2.33. The Labute approximate surface area is 238 Å². The lowest BCUT2D eigenvalue weighted by Crippen LogP contribution is -2.52. The van der Waals surface area contributed by atoms with E-state index in [0.717, 1.165) is 15.4 Å². The Bertz CT molecular complexity index is 1360. The number of hydrogen-bond donors (Lipinski definition) is 1. The molecule has 0 aliphatic rings. The molecule has 0 saturated heterocycles. The van der Waals surface area contributed by atoms with Gasteiger partial charge in [0.15, 0.2) is 0 Å². The molecule has 0 saturated carbocycles. The van der Waals surface area contributed by atoms with Gasteiger partial charge in [-0.05, 0) is 61.2 Å². The Morgan fingerprint density at radius 1 is 0.925 bits per heavy atom. The zero-order valence-electron chi connectivity index (χ0n) is 23.8. The number of carbonyl (C=O) groups excluding carboxylic acids is 2. The van der Waals surface area contributed by atoms with Crippen LogP contribution in [0.4, 0.5) is 5.69 Å². The molecular formula is C31H39N3O5S. The van der Waals surface area contributed by atoms with E-state index in [1.54, 1.807) is 61.7 Å². The molecule has 1 N–H and O–H groups in total. The van der Waals surface area contributed by atoms with Crippen molar-refractivity contribution in [2.75, 3.05) is 24.5 Å². The predicted octanol–water partition coefficient (Wildman–Crippen LogP) is 4.78. The molecule has 0 aromatic heterocycles. The summed E-state index contributed by atoms with van der Waals surface area (Å²) in [7, 11) is -2.51. The zero-order chi connectivity index (χ0) is 29.3. The minimum absolute atomic E-state index is 0.0757. The highest BCUT2D eigenvalue weighted by molar-refractivity contribution is 7.92. The van der Waals surface area contributed by atoms with Crippen molar-refractivity contribution in [2.45, 2.75) is 51.6 Å². The number of nitrogens with zero attached hydrogens (tertiary/aromatic N) is 2. The van der Waals surface area contributed by atoms with Crippen molar-refractivity contribution < 1.29 is 22.7 Å². The van der Waals surface area contributed by atoms with Gasteiger partial charge in [-0.1, -0.05) is 68.8 Å². The first kappa shape index (κ1) is 30.7. The number of ether oxygens (including phenoxy) is 1. The molecule has 3 rings (SSSR count). The van der Waals surface area contributed by atoms with Crippen molar-refractivity contribution in [3.63, 3.8) is 0 Å². The third kappa shape index (κ3) is 7.85. The molecule has 40 heavy (non-hydrogen) atoms. The highest BCUT2D eigenvalue weighted by atomic mass is 32.2. The van der Waals surface area contributed by atoms with Crippen LogP contribution >= 0.6 is 0 Å². The summed E-state index contributed by atoms with van der Waals surface area (Å²) >= 11 is 0. The zero-order valence-corrected chi connectivity index (χ0v) is 24.6. The molecule has 8 nitrogen and oxygen atoms in total. The number of aryl methyl sites for hydroxylation is 1. The second kappa shape index (κ2) is 14.0. The van der Waals surface area contributed by atoms with Crippen LogP contribution < -0.4 is 14.4 Å². The number of sulfonamides is 1. The second-order valence-electron chi connectivity index (χ2n) is 10.1. The summed E-state index contributed by atoms with van der Waals surface area (Å²) in [5, 5.41) is 2.94. The normalized spacial score (nSPS) is 12.1. The Balaban J connectivity index is 2.02. The largest absolute Gasteiger partial charge is 0.497 e. The summed E-state index contributed by atoms with van der Waals surface area (Å²) in [6, 6.07) is 21.5. The van der Waals surface area contributed by atoms with Gasteiger partial charge in [0.05, 0.1) is 17.7 Å². The van der Waals surface area contributed by atoms with Crippen LogP contribution in [0.15, 0.2) is 83.8 Å². The monoisotopic (exact) mass is 565 g/mol. The lowest BCUT2D eigenvalue weighted by atomic mass is 10.1. The molecule has 3 aromatic carbocycles. The topological polar surface area (TPSA) is 96.0 Å². The quantitative estimate of drug-likeness (QED) is 0.322. The van der Waals surface area contributed by atoms with Crippen molar-refractivity contribution in [3.8, 4) is 5.75 Å².